The third kappa shape index (κ3) is 2.76. The largest absolute Gasteiger partial charge is 0.508 e. The normalized spacial score (nSPS) is 13.9. The number of phenolic OH excluding ortho intramolecular Hbond substituents is 1. The molecule has 80 valence electrons. The Morgan fingerprint density at radius 1 is 1.27 bits per heavy atom. The van der Waals surface area contributed by atoms with Crippen LogP contribution in [0.5, 0.6) is 5.75 Å². The van der Waals surface area contributed by atoms with Crippen LogP contribution >= 0.6 is 0 Å². The second-order valence-corrected chi connectivity index (χ2v) is 4.03. The molecule has 1 aromatic carbocycles. The van der Waals surface area contributed by atoms with E-state index in [4.69, 9.17) is 0 Å². The highest BCUT2D eigenvalue weighted by Crippen LogP contribution is 2.31. The third-order valence-electron chi connectivity index (χ3n) is 2.80. The van der Waals surface area contributed by atoms with Crippen molar-refractivity contribution in [1.29, 1.82) is 0 Å². The zero-order valence-corrected chi connectivity index (χ0v) is 9.83. The summed E-state index contributed by atoms with van der Waals surface area (Å²) < 4.78 is 0. The molecule has 1 aromatic rings. The Hall–Kier alpha value is -1.42. The SMILES string of the molecule is CC#CC(C)C(C)c1cc(C)ccc1O. The number of hydrogen-bond acceptors (Lipinski definition) is 1. The Bertz CT molecular complexity index is 396. The fraction of sp³-hybridized carbons (Fsp3) is 0.429. The molecule has 0 radical (unpaired) electrons. The van der Waals surface area contributed by atoms with Crippen molar-refractivity contribution in [3.8, 4) is 17.6 Å². The minimum atomic E-state index is 0.261. The van der Waals surface area contributed by atoms with Crippen LogP contribution in [-0.2, 0) is 0 Å². The van der Waals surface area contributed by atoms with Crippen molar-refractivity contribution in [2.24, 2.45) is 5.92 Å². The van der Waals surface area contributed by atoms with Crippen molar-refractivity contribution in [1.82, 2.24) is 0 Å². The Labute approximate surface area is 92.1 Å². The van der Waals surface area contributed by atoms with Crippen LogP contribution in [0.3, 0.4) is 0 Å². The summed E-state index contributed by atoms with van der Waals surface area (Å²) in [6.07, 6.45) is 0. The fourth-order valence-corrected chi connectivity index (χ4v) is 1.66. The molecular weight excluding hydrogens is 184 g/mol. The van der Waals surface area contributed by atoms with Crippen LogP contribution in [0.25, 0.3) is 0 Å². The lowest BCUT2D eigenvalue weighted by Crippen LogP contribution is -2.04. The minimum Gasteiger partial charge on any atom is -0.508 e. The lowest BCUT2D eigenvalue weighted by atomic mass is 9.88. The molecule has 0 saturated carbocycles. The van der Waals surface area contributed by atoms with Gasteiger partial charge >= 0.3 is 0 Å². The molecule has 0 heterocycles. The number of hydrogen-bond donors (Lipinski definition) is 1. The predicted molar refractivity (Wildman–Crippen MR) is 63.9 cm³/mol. The molecule has 0 aliphatic carbocycles. The van der Waals surface area contributed by atoms with Gasteiger partial charge in [-0.05, 0) is 31.4 Å². The van der Waals surface area contributed by atoms with Crippen molar-refractivity contribution in [3.63, 3.8) is 0 Å². The molecule has 0 aliphatic heterocycles. The Kier molecular flexibility index (Phi) is 3.80. The molecule has 0 amide bonds. The van der Waals surface area contributed by atoms with Gasteiger partial charge in [-0.25, -0.2) is 0 Å². The summed E-state index contributed by atoms with van der Waals surface area (Å²) in [6.45, 7) is 8.07. The summed E-state index contributed by atoms with van der Waals surface area (Å²) >= 11 is 0. The molecular formula is C14H18O. The molecule has 2 atom stereocenters. The topological polar surface area (TPSA) is 20.2 Å². The Morgan fingerprint density at radius 2 is 1.93 bits per heavy atom. The molecule has 1 rings (SSSR count). The monoisotopic (exact) mass is 202 g/mol. The van der Waals surface area contributed by atoms with E-state index in [1.54, 1.807) is 6.07 Å². The van der Waals surface area contributed by atoms with Crippen LogP contribution in [0.2, 0.25) is 0 Å². The van der Waals surface area contributed by atoms with E-state index < -0.39 is 0 Å². The number of benzene rings is 1. The van der Waals surface area contributed by atoms with Crippen LogP contribution in [-0.4, -0.2) is 5.11 Å². The van der Waals surface area contributed by atoms with Gasteiger partial charge in [-0.15, -0.1) is 5.92 Å². The Balaban J connectivity index is 3.02. The van der Waals surface area contributed by atoms with Crippen molar-refractivity contribution < 1.29 is 5.11 Å². The van der Waals surface area contributed by atoms with Crippen LogP contribution in [0, 0.1) is 24.7 Å². The summed E-state index contributed by atoms with van der Waals surface area (Å²) in [5, 5.41) is 9.77. The predicted octanol–water partition coefficient (Wildman–Crippen LogP) is 3.46. The Morgan fingerprint density at radius 3 is 2.53 bits per heavy atom. The van der Waals surface area contributed by atoms with Gasteiger partial charge < -0.3 is 5.11 Å². The highest BCUT2D eigenvalue weighted by molar-refractivity contribution is 5.39. The fourth-order valence-electron chi connectivity index (χ4n) is 1.66. The molecule has 0 saturated heterocycles. The first-order chi connectivity index (χ1) is 7.06. The van der Waals surface area contributed by atoms with E-state index in [-0.39, 0.29) is 11.8 Å². The van der Waals surface area contributed by atoms with Crippen LogP contribution < -0.4 is 0 Å². The van der Waals surface area contributed by atoms with Gasteiger partial charge in [0.05, 0.1) is 0 Å². The molecule has 0 fully saturated rings. The van der Waals surface area contributed by atoms with Gasteiger partial charge in [0, 0.05) is 5.92 Å². The smallest absolute Gasteiger partial charge is 0.119 e. The standard InChI is InChI=1S/C14H18O/c1-5-6-11(3)12(4)13-9-10(2)7-8-14(13)15/h7-9,11-12,15H,1-4H3. The molecule has 1 nitrogen and oxygen atoms in total. The van der Waals surface area contributed by atoms with Gasteiger partial charge in [-0.2, -0.15) is 0 Å². The summed E-state index contributed by atoms with van der Waals surface area (Å²) in [5.41, 5.74) is 2.16. The van der Waals surface area contributed by atoms with Crippen molar-refractivity contribution in [2.45, 2.75) is 33.6 Å². The molecule has 0 spiro atoms. The molecule has 1 N–H and O–H groups in total. The van der Waals surface area contributed by atoms with Crippen LogP contribution in [0.15, 0.2) is 18.2 Å². The van der Waals surface area contributed by atoms with Crippen molar-refractivity contribution in [3.05, 3.63) is 29.3 Å². The first-order valence-corrected chi connectivity index (χ1v) is 5.28. The van der Waals surface area contributed by atoms with Gasteiger partial charge in [0.2, 0.25) is 0 Å². The maximum Gasteiger partial charge on any atom is 0.119 e. The zero-order valence-electron chi connectivity index (χ0n) is 9.83. The summed E-state index contributed by atoms with van der Waals surface area (Å²) in [7, 11) is 0. The van der Waals surface area contributed by atoms with Gasteiger partial charge in [0.25, 0.3) is 0 Å². The van der Waals surface area contributed by atoms with E-state index in [2.05, 4.69) is 25.7 Å². The van der Waals surface area contributed by atoms with Crippen LogP contribution in [0.1, 0.15) is 37.8 Å². The van der Waals surface area contributed by atoms with Crippen molar-refractivity contribution >= 4 is 0 Å². The van der Waals surface area contributed by atoms with Gasteiger partial charge in [0.15, 0.2) is 0 Å². The molecule has 1 heteroatoms. The highest BCUT2D eigenvalue weighted by atomic mass is 16.3. The van der Waals surface area contributed by atoms with E-state index in [1.807, 2.05) is 26.0 Å². The molecule has 0 bridgehead atoms. The summed E-state index contributed by atoms with van der Waals surface area (Å²) in [5.74, 6) is 6.95. The van der Waals surface area contributed by atoms with E-state index in [0.717, 1.165) is 5.56 Å². The number of phenols is 1. The molecule has 0 aliphatic rings. The first-order valence-electron chi connectivity index (χ1n) is 5.28. The quantitative estimate of drug-likeness (QED) is 0.728. The minimum absolute atomic E-state index is 0.261. The lowest BCUT2D eigenvalue weighted by Gasteiger charge is -2.17. The molecule has 2 unspecified atom stereocenters. The maximum atomic E-state index is 9.77. The van der Waals surface area contributed by atoms with Crippen molar-refractivity contribution in [2.75, 3.05) is 0 Å². The average molecular weight is 202 g/mol. The average Bonchev–Trinajstić information content (AvgIpc) is 2.21. The lowest BCUT2D eigenvalue weighted by molar-refractivity contribution is 0.455. The number of aryl methyl sites for hydroxylation is 1. The van der Waals surface area contributed by atoms with Gasteiger partial charge in [-0.3, -0.25) is 0 Å². The second-order valence-electron chi connectivity index (χ2n) is 4.03. The summed E-state index contributed by atoms with van der Waals surface area (Å²) in [4.78, 5) is 0. The second kappa shape index (κ2) is 4.89. The first kappa shape index (κ1) is 11.7. The van der Waals surface area contributed by atoms with Crippen LogP contribution in [0.4, 0.5) is 0 Å². The summed E-state index contributed by atoms with van der Waals surface area (Å²) in [6, 6.07) is 5.71. The van der Waals surface area contributed by atoms with Gasteiger partial charge in [-0.1, -0.05) is 37.5 Å². The number of aromatic hydroxyl groups is 1. The third-order valence-corrected chi connectivity index (χ3v) is 2.80. The zero-order chi connectivity index (χ0) is 11.4. The highest BCUT2D eigenvalue weighted by Gasteiger charge is 2.15. The van der Waals surface area contributed by atoms with E-state index in [9.17, 15) is 5.11 Å². The van der Waals surface area contributed by atoms with E-state index in [0.29, 0.717) is 5.75 Å². The maximum absolute atomic E-state index is 9.77. The number of rotatable bonds is 2. The van der Waals surface area contributed by atoms with E-state index >= 15 is 0 Å². The van der Waals surface area contributed by atoms with Gasteiger partial charge in [0.1, 0.15) is 5.75 Å². The van der Waals surface area contributed by atoms with E-state index in [1.165, 1.54) is 5.56 Å². The molecule has 0 aromatic heterocycles. The molecule has 15 heavy (non-hydrogen) atoms.